The van der Waals surface area contributed by atoms with Crippen LogP contribution in [-0.2, 0) is 6.54 Å². The Kier molecular flexibility index (Phi) is 5.17. The molecule has 0 bridgehead atoms. The van der Waals surface area contributed by atoms with Crippen molar-refractivity contribution in [3.05, 3.63) is 70.0 Å². The number of carbonyl (C=O) groups is 1. The molecule has 1 fully saturated rings. The Labute approximate surface area is 146 Å². The Morgan fingerprint density at radius 3 is 2.50 bits per heavy atom. The van der Waals surface area contributed by atoms with E-state index in [9.17, 15) is 9.18 Å². The van der Waals surface area contributed by atoms with Crippen molar-refractivity contribution in [2.45, 2.75) is 13.5 Å². The summed E-state index contributed by atoms with van der Waals surface area (Å²) < 4.78 is 13.9. The summed E-state index contributed by atoms with van der Waals surface area (Å²) in [5, 5.41) is 0.298. The second-order valence-electron chi connectivity index (χ2n) is 6.12. The number of nitrogens with zero attached hydrogens (tertiary/aromatic N) is 2. The first-order chi connectivity index (χ1) is 11.5. The Bertz CT molecular complexity index is 742. The molecule has 1 aliphatic rings. The minimum Gasteiger partial charge on any atom is -0.336 e. The van der Waals surface area contributed by atoms with E-state index in [1.54, 1.807) is 11.0 Å². The van der Waals surface area contributed by atoms with Crippen LogP contribution < -0.4 is 0 Å². The standard InChI is InChI=1S/C19H20ClFN2O/c1-14-4-2-3-5-15(14)13-22-8-10-23(11-9-22)19(24)17-7-6-16(20)12-18(17)21/h2-7,12H,8-11,13H2,1H3. The van der Waals surface area contributed by atoms with Crippen LogP contribution in [0.3, 0.4) is 0 Å². The molecule has 126 valence electrons. The largest absolute Gasteiger partial charge is 0.336 e. The van der Waals surface area contributed by atoms with Crippen molar-refractivity contribution in [2.75, 3.05) is 26.2 Å². The fourth-order valence-electron chi connectivity index (χ4n) is 2.97. The zero-order valence-corrected chi connectivity index (χ0v) is 14.4. The lowest BCUT2D eigenvalue weighted by Crippen LogP contribution is -2.48. The van der Waals surface area contributed by atoms with Gasteiger partial charge in [0.05, 0.1) is 5.56 Å². The SMILES string of the molecule is Cc1ccccc1CN1CCN(C(=O)c2ccc(Cl)cc2F)CC1. The van der Waals surface area contributed by atoms with Gasteiger partial charge in [0.1, 0.15) is 5.82 Å². The fourth-order valence-corrected chi connectivity index (χ4v) is 3.13. The lowest BCUT2D eigenvalue weighted by Gasteiger charge is -2.35. The fraction of sp³-hybridized carbons (Fsp3) is 0.316. The molecule has 5 heteroatoms. The third-order valence-electron chi connectivity index (χ3n) is 4.48. The summed E-state index contributed by atoms with van der Waals surface area (Å²) in [6.45, 7) is 5.77. The zero-order chi connectivity index (χ0) is 17.1. The molecule has 0 spiro atoms. The first kappa shape index (κ1) is 16.9. The van der Waals surface area contributed by atoms with Crippen molar-refractivity contribution in [1.82, 2.24) is 9.80 Å². The van der Waals surface area contributed by atoms with Crippen molar-refractivity contribution >= 4 is 17.5 Å². The van der Waals surface area contributed by atoms with Crippen LogP contribution in [0, 0.1) is 12.7 Å². The van der Waals surface area contributed by atoms with Crippen molar-refractivity contribution in [3.8, 4) is 0 Å². The van der Waals surface area contributed by atoms with Gasteiger partial charge in [0, 0.05) is 37.7 Å². The highest BCUT2D eigenvalue weighted by Crippen LogP contribution is 2.18. The number of aryl methyl sites for hydroxylation is 1. The van der Waals surface area contributed by atoms with Crippen molar-refractivity contribution in [2.24, 2.45) is 0 Å². The summed E-state index contributed by atoms with van der Waals surface area (Å²) in [6, 6.07) is 12.5. The van der Waals surface area contributed by atoms with Crippen LogP contribution in [0.15, 0.2) is 42.5 Å². The average Bonchev–Trinajstić information content (AvgIpc) is 2.57. The second-order valence-corrected chi connectivity index (χ2v) is 6.56. The predicted octanol–water partition coefficient (Wildman–Crippen LogP) is 3.75. The molecule has 1 amide bonds. The van der Waals surface area contributed by atoms with Crippen LogP contribution >= 0.6 is 11.6 Å². The summed E-state index contributed by atoms with van der Waals surface area (Å²) in [4.78, 5) is 16.5. The van der Waals surface area contributed by atoms with Gasteiger partial charge in [0.2, 0.25) is 0 Å². The molecular weight excluding hydrogens is 327 g/mol. The van der Waals surface area contributed by atoms with E-state index in [4.69, 9.17) is 11.6 Å². The third-order valence-corrected chi connectivity index (χ3v) is 4.71. The van der Waals surface area contributed by atoms with E-state index in [2.05, 4.69) is 24.0 Å². The molecule has 0 aromatic heterocycles. The molecule has 2 aromatic rings. The van der Waals surface area contributed by atoms with Gasteiger partial charge in [-0.3, -0.25) is 9.69 Å². The van der Waals surface area contributed by atoms with Crippen LogP contribution in [0.2, 0.25) is 5.02 Å². The van der Waals surface area contributed by atoms with Crippen LogP contribution in [0.4, 0.5) is 4.39 Å². The van der Waals surface area contributed by atoms with Gasteiger partial charge in [0.25, 0.3) is 5.91 Å². The maximum absolute atomic E-state index is 13.9. The highest BCUT2D eigenvalue weighted by Gasteiger charge is 2.24. The topological polar surface area (TPSA) is 23.6 Å². The van der Waals surface area contributed by atoms with Gasteiger partial charge < -0.3 is 4.90 Å². The molecule has 0 radical (unpaired) electrons. The maximum Gasteiger partial charge on any atom is 0.256 e. The third kappa shape index (κ3) is 3.77. The molecule has 0 aliphatic carbocycles. The number of amides is 1. The molecular formula is C19H20ClFN2O. The number of carbonyl (C=O) groups excluding carboxylic acids is 1. The summed E-state index contributed by atoms with van der Waals surface area (Å²) in [5.41, 5.74) is 2.67. The summed E-state index contributed by atoms with van der Waals surface area (Å²) in [7, 11) is 0. The minimum absolute atomic E-state index is 0.0896. The van der Waals surface area contributed by atoms with E-state index in [0.717, 1.165) is 19.6 Å². The summed E-state index contributed by atoms with van der Waals surface area (Å²) in [5.74, 6) is -0.824. The molecule has 1 saturated heterocycles. The van der Waals surface area contributed by atoms with E-state index >= 15 is 0 Å². The lowest BCUT2D eigenvalue weighted by atomic mass is 10.1. The highest BCUT2D eigenvalue weighted by molar-refractivity contribution is 6.30. The Balaban J connectivity index is 1.60. The number of rotatable bonds is 3. The normalized spacial score (nSPS) is 15.5. The van der Waals surface area contributed by atoms with Crippen molar-refractivity contribution in [1.29, 1.82) is 0 Å². The highest BCUT2D eigenvalue weighted by atomic mass is 35.5. The maximum atomic E-state index is 13.9. The van der Waals surface area contributed by atoms with E-state index in [-0.39, 0.29) is 11.5 Å². The molecule has 24 heavy (non-hydrogen) atoms. The number of hydrogen-bond acceptors (Lipinski definition) is 2. The molecule has 0 unspecified atom stereocenters. The van der Waals surface area contributed by atoms with Crippen molar-refractivity contribution < 1.29 is 9.18 Å². The Hall–Kier alpha value is -1.91. The van der Waals surface area contributed by atoms with Crippen LogP contribution in [-0.4, -0.2) is 41.9 Å². The van der Waals surface area contributed by atoms with Gasteiger partial charge in [-0.15, -0.1) is 0 Å². The van der Waals surface area contributed by atoms with Gasteiger partial charge in [-0.05, 0) is 36.2 Å². The van der Waals surface area contributed by atoms with Crippen LogP contribution in [0.25, 0.3) is 0 Å². The number of piperazine rings is 1. The van der Waals surface area contributed by atoms with Crippen LogP contribution in [0.1, 0.15) is 21.5 Å². The predicted molar refractivity (Wildman–Crippen MR) is 93.8 cm³/mol. The number of benzene rings is 2. The first-order valence-electron chi connectivity index (χ1n) is 8.06. The van der Waals surface area contributed by atoms with Gasteiger partial charge in [-0.1, -0.05) is 35.9 Å². The number of hydrogen-bond donors (Lipinski definition) is 0. The molecule has 3 rings (SSSR count). The van der Waals surface area contributed by atoms with Crippen molar-refractivity contribution in [3.63, 3.8) is 0 Å². The van der Waals surface area contributed by atoms with Gasteiger partial charge in [-0.2, -0.15) is 0 Å². The monoisotopic (exact) mass is 346 g/mol. The molecule has 0 saturated carbocycles. The average molecular weight is 347 g/mol. The number of halogens is 2. The molecule has 2 aromatic carbocycles. The van der Waals surface area contributed by atoms with Gasteiger partial charge in [0.15, 0.2) is 0 Å². The smallest absolute Gasteiger partial charge is 0.256 e. The van der Waals surface area contributed by atoms with Gasteiger partial charge >= 0.3 is 0 Å². The lowest BCUT2D eigenvalue weighted by molar-refractivity contribution is 0.0623. The molecule has 1 aliphatic heterocycles. The van der Waals surface area contributed by atoms with Crippen LogP contribution in [0.5, 0.6) is 0 Å². The second kappa shape index (κ2) is 7.32. The Morgan fingerprint density at radius 1 is 1.12 bits per heavy atom. The molecule has 0 N–H and O–H groups in total. The van der Waals surface area contributed by atoms with E-state index in [1.807, 2.05) is 12.1 Å². The summed E-state index contributed by atoms with van der Waals surface area (Å²) in [6.07, 6.45) is 0. The molecule has 1 heterocycles. The zero-order valence-electron chi connectivity index (χ0n) is 13.6. The molecule has 0 atom stereocenters. The van der Waals surface area contributed by atoms with E-state index in [1.165, 1.54) is 23.3 Å². The Morgan fingerprint density at radius 2 is 1.83 bits per heavy atom. The summed E-state index contributed by atoms with van der Waals surface area (Å²) >= 11 is 5.74. The first-order valence-corrected chi connectivity index (χ1v) is 8.43. The minimum atomic E-state index is -0.560. The van der Waals surface area contributed by atoms with E-state index < -0.39 is 5.82 Å². The van der Waals surface area contributed by atoms with E-state index in [0.29, 0.717) is 18.1 Å². The quantitative estimate of drug-likeness (QED) is 0.845. The van der Waals surface area contributed by atoms with Gasteiger partial charge in [-0.25, -0.2) is 4.39 Å². The molecule has 3 nitrogen and oxygen atoms in total.